The van der Waals surface area contributed by atoms with Crippen molar-refractivity contribution in [3.63, 3.8) is 0 Å². The standard InChI is InChI=1S/C15H19N5O5S2/c1-15(2,14(24)25)3-7-10(18-19-17-7)26-4-6-5-27-12-8(16)11(21)20(12)9(6)13(22)23/h8,12H,3-5,16H2,1-2H3,(H,22,23)(H,24,25)(H,17,18,19)/t8?,12-/m0/s1. The number of carboxylic acids is 2. The lowest BCUT2D eigenvalue weighted by Crippen LogP contribution is -2.68. The number of thioether (sulfide) groups is 2. The van der Waals surface area contributed by atoms with E-state index >= 15 is 0 Å². The Kier molecular flexibility index (Phi) is 5.23. The average molecular weight is 413 g/mol. The normalized spacial score (nSPS) is 22.5. The zero-order valence-electron chi connectivity index (χ0n) is 14.6. The van der Waals surface area contributed by atoms with Crippen LogP contribution < -0.4 is 5.73 Å². The Labute approximate surface area is 162 Å². The van der Waals surface area contributed by atoms with E-state index in [2.05, 4.69) is 15.4 Å². The molecule has 146 valence electrons. The number of aromatic amines is 1. The van der Waals surface area contributed by atoms with Crippen LogP contribution in [0.2, 0.25) is 0 Å². The Morgan fingerprint density at radius 2 is 2.15 bits per heavy atom. The predicted molar refractivity (Wildman–Crippen MR) is 98.0 cm³/mol. The zero-order chi connectivity index (χ0) is 19.9. The molecule has 1 unspecified atom stereocenters. The van der Waals surface area contributed by atoms with Gasteiger partial charge in [-0.3, -0.25) is 19.6 Å². The van der Waals surface area contributed by atoms with Crippen molar-refractivity contribution >= 4 is 41.4 Å². The number of carboxylic acid groups (broad SMARTS) is 2. The van der Waals surface area contributed by atoms with Gasteiger partial charge in [-0.2, -0.15) is 0 Å². The molecule has 1 aromatic rings. The first kappa shape index (κ1) is 19.7. The number of nitrogens with one attached hydrogen (secondary N) is 1. The second-order valence-corrected chi connectivity index (χ2v) is 9.03. The van der Waals surface area contributed by atoms with Gasteiger partial charge in [0, 0.05) is 17.9 Å². The third kappa shape index (κ3) is 3.56. The Hall–Kier alpha value is -2.05. The van der Waals surface area contributed by atoms with Crippen LogP contribution in [-0.4, -0.2) is 71.3 Å². The third-order valence-corrected chi connectivity index (χ3v) is 6.92. The maximum Gasteiger partial charge on any atom is 0.352 e. The summed E-state index contributed by atoms with van der Waals surface area (Å²) in [5, 5.41) is 29.5. The van der Waals surface area contributed by atoms with E-state index in [1.165, 1.54) is 28.4 Å². The number of carbonyl (C=O) groups excluding carboxylic acids is 1. The molecule has 0 bridgehead atoms. The Balaban J connectivity index is 1.77. The van der Waals surface area contributed by atoms with Crippen molar-refractivity contribution in [2.75, 3.05) is 11.5 Å². The van der Waals surface area contributed by atoms with E-state index in [0.29, 0.717) is 27.8 Å². The van der Waals surface area contributed by atoms with E-state index < -0.39 is 23.4 Å². The van der Waals surface area contributed by atoms with Gasteiger partial charge >= 0.3 is 11.9 Å². The number of fused-ring (bicyclic) bond motifs is 1. The third-order valence-electron chi connectivity index (χ3n) is 4.45. The number of β-lactam (4-membered cyclic amide) rings is 1. The average Bonchev–Trinajstić information content (AvgIpc) is 3.04. The molecule has 2 aliphatic rings. The largest absolute Gasteiger partial charge is 0.481 e. The van der Waals surface area contributed by atoms with Gasteiger partial charge in [-0.25, -0.2) is 4.79 Å². The molecule has 12 heteroatoms. The number of nitrogens with zero attached hydrogens (tertiary/aromatic N) is 3. The highest BCUT2D eigenvalue weighted by Gasteiger charge is 2.51. The molecule has 27 heavy (non-hydrogen) atoms. The van der Waals surface area contributed by atoms with Gasteiger partial charge in [0.2, 0.25) is 5.91 Å². The Morgan fingerprint density at radius 1 is 1.44 bits per heavy atom. The van der Waals surface area contributed by atoms with E-state index in [-0.39, 0.29) is 23.4 Å². The van der Waals surface area contributed by atoms with E-state index in [4.69, 9.17) is 5.73 Å². The molecule has 5 N–H and O–H groups in total. The maximum absolute atomic E-state index is 12.0. The first-order chi connectivity index (χ1) is 12.6. The number of hydrogen-bond donors (Lipinski definition) is 4. The van der Waals surface area contributed by atoms with Crippen LogP contribution in [0, 0.1) is 5.41 Å². The summed E-state index contributed by atoms with van der Waals surface area (Å²) in [4.78, 5) is 36.2. The van der Waals surface area contributed by atoms with Gasteiger partial charge in [0.1, 0.15) is 22.1 Å². The number of H-pyrrole nitrogens is 1. The molecule has 1 fully saturated rings. The van der Waals surface area contributed by atoms with Crippen molar-refractivity contribution in [2.45, 2.75) is 36.7 Å². The molecule has 0 aromatic carbocycles. The van der Waals surface area contributed by atoms with Crippen molar-refractivity contribution in [3.8, 4) is 0 Å². The van der Waals surface area contributed by atoms with E-state index in [9.17, 15) is 24.6 Å². The molecular formula is C15H19N5O5S2. The van der Waals surface area contributed by atoms with Gasteiger partial charge in [0.25, 0.3) is 0 Å². The number of aromatic nitrogens is 3. The van der Waals surface area contributed by atoms with E-state index in [1.807, 2.05) is 0 Å². The first-order valence-corrected chi connectivity index (χ1v) is 10.1. The highest BCUT2D eigenvalue weighted by atomic mass is 32.2. The molecule has 0 spiro atoms. The highest BCUT2D eigenvalue weighted by molar-refractivity contribution is 8.01. The summed E-state index contributed by atoms with van der Waals surface area (Å²) in [5.41, 5.74) is 5.82. The molecule has 0 saturated carbocycles. The number of aliphatic carboxylic acids is 2. The van der Waals surface area contributed by atoms with Crippen molar-refractivity contribution in [2.24, 2.45) is 11.1 Å². The highest BCUT2D eigenvalue weighted by Crippen LogP contribution is 2.41. The summed E-state index contributed by atoms with van der Waals surface area (Å²) < 4.78 is 0. The molecular weight excluding hydrogens is 394 g/mol. The van der Waals surface area contributed by atoms with Crippen LogP contribution in [0.5, 0.6) is 0 Å². The van der Waals surface area contributed by atoms with E-state index in [1.54, 1.807) is 13.8 Å². The van der Waals surface area contributed by atoms with Crippen LogP contribution in [-0.2, 0) is 20.8 Å². The monoisotopic (exact) mass is 413 g/mol. The summed E-state index contributed by atoms with van der Waals surface area (Å²) in [7, 11) is 0. The number of nitrogens with two attached hydrogens (primary N) is 1. The van der Waals surface area contributed by atoms with Gasteiger partial charge < -0.3 is 15.9 Å². The SMILES string of the molecule is CC(C)(Cc1nn[nH]c1SCC1=C(C(=O)O)N2C(=O)C(N)[C@@H]2SC1)C(=O)O. The lowest BCUT2D eigenvalue weighted by Gasteiger charge is -2.48. The topological polar surface area (TPSA) is 162 Å². The molecule has 1 saturated heterocycles. The minimum Gasteiger partial charge on any atom is -0.481 e. The van der Waals surface area contributed by atoms with Crippen LogP contribution in [0.15, 0.2) is 16.3 Å². The van der Waals surface area contributed by atoms with Crippen LogP contribution >= 0.6 is 23.5 Å². The smallest absolute Gasteiger partial charge is 0.352 e. The van der Waals surface area contributed by atoms with Crippen molar-refractivity contribution < 1.29 is 24.6 Å². The molecule has 3 heterocycles. The molecule has 0 radical (unpaired) electrons. The molecule has 1 amide bonds. The quantitative estimate of drug-likeness (QED) is 0.357. The molecule has 2 aliphatic heterocycles. The first-order valence-electron chi connectivity index (χ1n) is 8.05. The minimum absolute atomic E-state index is 0.0159. The van der Waals surface area contributed by atoms with Crippen LogP contribution in [0.4, 0.5) is 0 Å². The number of carbonyl (C=O) groups is 3. The second kappa shape index (κ2) is 7.17. The van der Waals surface area contributed by atoms with Crippen LogP contribution in [0.25, 0.3) is 0 Å². The lowest BCUT2D eigenvalue weighted by molar-refractivity contribution is -0.147. The van der Waals surface area contributed by atoms with Gasteiger partial charge in [-0.05, 0) is 19.4 Å². The van der Waals surface area contributed by atoms with Crippen LogP contribution in [0.1, 0.15) is 19.5 Å². The fourth-order valence-electron chi connectivity index (χ4n) is 2.82. The molecule has 3 rings (SSSR count). The number of amides is 1. The number of hydrogen-bond acceptors (Lipinski definition) is 8. The number of rotatable bonds is 7. The van der Waals surface area contributed by atoms with Crippen molar-refractivity contribution in [1.82, 2.24) is 20.3 Å². The molecule has 1 aromatic heterocycles. The lowest BCUT2D eigenvalue weighted by atomic mass is 9.88. The summed E-state index contributed by atoms with van der Waals surface area (Å²) >= 11 is 2.72. The predicted octanol–water partition coefficient (Wildman–Crippen LogP) is 0.131. The van der Waals surface area contributed by atoms with Crippen LogP contribution in [0.3, 0.4) is 0 Å². The second-order valence-electron chi connectivity index (χ2n) is 6.94. The Morgan fingerprint density at radius 3 is 2.78 bits per heavy atom. The summed E-state index contributed by atoms with van der Waals surface area (Å²) in [5.74, 6) is -1.73. The summed E-state index contributed by atoms with van der Waals surface area (Å²) in [6.07, 6.45) is 0.183. The van der Waals surface area contributed by atoms with Gasteiger partial charge in [-0.1, -0.05) is 5.21 Å². The summed E-state index contributed by atoms with van der Waals surface area (Å²) in [6.45, 7) is 3.19. The Bertz CT molecular complexity index is 836. The van der Waals surface area contributed by atoms with Crippen molar-refractivity contribution in [1.29, 1.82) is 0 Å². The molecule has 2 atom stereocenters. The maximum atomic E-state index is 12.0. The fraction of sp³-hybridized carbons (Fsp3) is 0.533. The van der Waals surface area contributed by atoms with Crippen molar-refractivity contribution in [3.05, 3.63) is 17.0 Å². The zero-order valence-corrected chi connectivity index (χ0v) is 16.3. The van der Waals surface area contributed by atoms with Gasteiger partial charge in [0.05, 0.1) is 11.1 Å². The summed E-state index contributed by atoms with van der Waals surface area (Å²) in [6, 6.07) is -0.666. The van der Waals surface area contributed by atoms with Gasteiger partial charge in [-0.15, -0.1) is 28.6 Å². The molecule has 0 aliphatic carbocycles. The minimum atomic E-state index is -1.16. The molecule has 10 nitrogen and oxygen atoms in total. The van der Waals surface area contributed by atoms with E-state index in [0.717, 1.165) is 0 Å². The fourth-order valence-corrected chi connectivity index (χ4v) is 5.18. The van der Waals surface area contributed by atoms with Gasteiger partial charge in [0.15, 0.2) is 0 Å².